The summed E-state index contributed by atoms with van der Waals surface area (Å²) in [7, 11) is 1.55. The first-order valence-corrected chi connectivity index (χ1v) is 4.48. The Labute approximate surface area is 86.9 Å². The van der Waals surface area contributed by atoms with Crippen molar-refractivity contribution in [2.45, 2.75) is 6.61 Å². The van der Waals surface area contributed by atoms with Crippen LogP contribution in [0.5, 0.6) is 5.75 Å². The molecule has 0 saturated heterocycles. The number of hydrogen-bond acceptors (Lipinski definition) is 4. The minimum absolute atomic E-state index is 0.184. The third-order valence-electron chi connectivity index (χ3n) is 2.02. The summed E-state index contributed by atoms with van der Waals surface area (Å²) >= 11 is 0. The normalized spacial score (nSPS) is 13.8. The van der Waals surface area contributed by atoms with E-state index in [0.717, 1.165) is 11.3 Å². The molecule has 0 unspecified atom stereocenters. The lowest BCUT2D eigenvalue weighted by Crippen LogP contribution is -2.20. The van der Waals surface area contributed by atoms with E-state index in [4.69, 9.17) is 14.2 Å². The topological polar surface area (TPSA) is 56.8 Å². The summed E-state index contributed by atoms with van der Waals surface area (Å²) in [6.45, 7) is 0.481. The van der Waals surface area contributed by atoms with E-state index in [1.54, 1.807) is 19.2 Å². The summed E-state index contributed by atoms with van der Waals surface area (Å²) in [6.07, 6.45) is -0.439. The second-order valence-electron chi connectivity index (χ2n) is 3.07. The summed E-state index contributed by atoms with van der Waals surface area (Å²) < 4.78 is 14.8. The van der Waals surface area contributed by atoms with E-state index in [0.29, 0.717) is 12.4 Å². The van der Waals surface area contributed by atoms with Crippen LogP contribution >= 0.6 is 0 Å². The molecule has 0 saturated carbocycles. The van der Waals surface area contributed by atoms with Crippen LogP contribution in [0.15, 0.2) is 18.2 Å². The zero-order chi connectivity index (χ0) is 10.7. The van der Waals surface area contributed by atoms with Crippen molar-refractivity contribution in [3.05, 3.63) is 23.8 Å². The zero-order valence-electron chi connectivity index (χ0n) is 8.28. The van der Waals surface area contributed by atoms with Gasteiger partial charge < -0.3 is 14.2 Å². The minimum Gasteiger partial charge on any atom is -0.467 e. The monoisotopic (exact) mass is 209 g/mol. The van der Waals surface area contributed by atoms with Gasteiger partial charge in [-0.05, 0) is 12.1 Å². The number of benzene rings is 1. The Bertz CT molecular complexity index is 378. The number of fused-ring (bicyclic) bond motifs is 1. The minimum atomic E-state index is -0.439. The van der Waals surface area contributed by atoms with E-state index in [1.165, 1.54) is 0 Å². The van der Waals surface area contributed by atoms with Gasteiger partial charge in [0.05, 0.1) is 5.69 Å². The number of hydrogen-bond donors (Lipinski definition) is 1. The number of nitrogens with one attached hydrogen (secondary N) is 1. The van der Waals surface area contributed by atoms with Crippen LogP contribution in [-0.2, 0) is 16.1 Å². The van der Waals surface area contributed by atoms with Crippen LogP contribution in [0.1, 0.15) is 5.56 Å². The molecule has 1 aliphatic rings. The Morgan fingerprint density at radius 2 is 2.40 bits per heavy atom. The summed E-state index contributed by atoms with van der Waals surface area (Å²) in [4.78, 5) is 11.0. The van der Waals surface area contributed by atoms with Crippen molar-refractivity contribution in [3.63, 3.8) is 0 Å². The zero-order valence-corrected chi connectivity index (χ0v) is 8.28. The summed E-state index contributed by atoms with van der Waals surface area (Å²) in [5, 5.41) is 2.59. The van der Waals surface area contributed by atoms with Crippen LogP contribution in [0.25, 0.3) is 0 Å². The quantitative estimate of drug-likeness (QED) is 0.770. The second kappa shape index (κ2) is 4.18. The molecule has 1 N–H and O–H groups in total. The molecule has 1 amide bonds. The summed E-state index contributed by atoms with van der Waals surface area (Å²) in [5.41, 5.74) is 1.65. The fraction of sp³-hybridized carbons (Fsp3) is 0.300. The van der Waals surface area contributed by atoms with E-state index in [1.807, 2.05) is 6.07 Å². The van der Waals surface area contributed by atoms with Crippen molar-refractivity contribution in [1.29, 1.82) is 0 Å². The van der Waals surface area contributed by atoms with E-state index in [-0.39, 0.29) is 6.79 Å². The molecule has 5 nitrogen and oxygen atoms in total. The van der Waals surface area contributed by atoms with Gasteiger partial charge in [0, 0.05) is 18.7 Å². The molecular weight excluding hydrogens is 198 g/mol. The van der Waals surface area contributed by atoms with E-state index in [9.17, 15) is 4.79 Å². The number of carbonyl (C=O) groups excluding carboxylic acids is 1. The predicted molar refractivity (Wildman–Crippen MR) is 52.8 cm³/mol. The van der Waals surface area contributed by atoms with Gasteiger partial charge in [-0.2, -0.15) is 0 Å². The molecule has 1 aromatic rings. The molecule has 15 heavy (non-hydrogen) atoms. The Morgan fingerprint density at radius 3 is 3.20 bits per heavy atom. The maximum atomic E-state index is 11.0. The Hall–Kier alpha value is -1.75. The lowest BCUT2D eigenvalue weighted by Gasteiger charge is -2.18. The molecule has 0 aliphatic carbocycles. The first-order valence-electron chi connectivity index (χ1n) is 4.48. The molecule has 80 valence electrons. The van der Waals surface area contributed by atoms with Gasteiger partial charge in [0.15, 0.2) is 6.79 Å². The molecule has 0 atom stereocenters. The van der Waals surface area contributed by atoms with Crippen LogP contribution in [0.2, 0.25) is 0 Å². The van der Waals surface area contributed by atoms with Gasteiger partial charge in [-0.1, -0.05) is 0 Å². The number of methoxy groups -OCH3 is 1. The van der Waals surface area contributed by atoms with Crippen molar-refractivity contribution in [3.8, 4) is 5.75 Å². The van der Waals surface area contributed by atoms with Crippen LogP contribution in [0.3, 0.4) is 0 Å². The Morgan fingerprint density at radius 1 is 1.53 bits per heavy atom. The van der Waals surface area contributed by atoms with Crippen LogP contribution in [-0.4, -0.2) is 20.0 Å². The molecule has 1 aliphatic heterocycles. The highest BCUT2D eigenvalue weighted by atomic mass is 16.7. The molecule has 0 fully saturated rings. The molecule has 1 aromatic carbocycles. The molecule has 0 spiro atoms. The van der Waals surface area contributed by atoms with E-state index in [2.05, 4.69) is 5.32 Å². The van der Waals surface area contributed by atoms with Gasteiger partial charge in [-0.25, -0.2) is 4.79 Å². The molecule has 2 rings (SSSR count). The van der Waals surface area contributed by atoms with Crippen LogP contribution < -0.4 is 10.1 Å². The highest BCUT2D eigenvalue weighted by Gasteiger charge is 2.15. The van der Waals surface area contributed by atoms with Gasteiger partial charge in [0.2, 0.25) is 0 Å². The molecule has 0 aromatic heterocycles. The number of anilines is 1. The number of carbonyl (C=O) groups is 1. The first kappa shape index (κ1) is 9.79. The van der Waals surface area contributed by atoms with Crippen molar-refractivity contribution in [2.24, 2.45) is 0 Å². The van der Waals surface area contributed by atoms with Crippen molar-refractivity contribution >= 4 is 11.8 Å². The lowest BCUT2D eigenvalue weighted by molar-refractivity contribution is 0.0511. The smallest absolute Gasteiger partial charge is 0.411 e. The lowest BCUT2D eigenvalue weighted by atomic mass is 10.1. The van der Waals surface area contributed by atoms with Gasteiger partial charge in [-0.15, -0.1) is 0 Å². The molecule has 5 heteroatoms. The highest BCUT2D eigenvalue weighted by molar-refractivity contribution is 5.87. The van der Waals surface area contributed by atoms with Crippen LogP contribution in [0, 0.1) is 0 Å². The van der Waals surface area contributed by atoms with Gasteiger partial charge in [0.1, 0.15) is 12.4 Å². The molecular formula is C10H11NO4. The maximum absolute atomic E-state index is 11.0. The fourth-order valence-corrected chi connectivity index (χ4v) is 1.30. The Balaban J connectivity index is 2.17. The van der Waals surface area contributed by atoms with Crippen LogP contribution in [0.4, 0.5) is 10.5 Å². The van der Waals surface area contributed by atoms with Gasteiger partial charge >= 0.3 is 6.09 Å². The van der Waals surface area contributed by atoms with E-state index < -0.39 is 6.09 Å². The third kappa shape index (κ3) is 2.19. The number of rotatable bonds is 3. The SMILES string of the molecule is COCOc1ccc2c(c1)NC(=O)OC2. The number of cyclic esters (lactones) is 1. The largest absolute Gasteiger partial charge is 0.467 e. The standard InChI is InChI=1S/C10H11NO4/c1-13-6-15-8-3-2-7-5-14-10(12)11-9(7)4-8/h2-4H,5-6H2,1H3,(H,11,12). The van der Waals surface area contributed by atoms with Crippen molar-refractivity contribution in [1.82, 2.24) is 0 Å². The van der Waals surface area contributed by atoms with Gasteiger partial charge in [-0.3, -0.25) is 5.32 Å². The average Bonchev–Trinajstić information content (AvgIpc) is 2.25. The second-order valence-corrected chi connectivity index (χ2v) is 3.07. The summed E-state index contributed by atoms with van der Waals surface area (Å²) in [6, 6.07) is 5.40. The Kier molecular flexibility index (Phi) is 2.73. The number of amides is 1. The highest BCUT2D eigenvalue weighted by Crippen LogP contribution is 2.26. The maximum Gasteiger partial charge on any atom is 0.411 e. The van der Waals surface area contributed by atoms with Crippen molar-refractivity contribution in [2.75, 3.05) is 19.2 Å². The third-order valence-corrected chi connectivity index (χ3v) is 2.02. The first-order chi connectivity index (χ1) is 7.29. The molecule has 0 bridgehead atoms. The fourth-order valence-electron chi connectivity index (χ4n) is 1.30. The molecule has 1 heterocycles. The molecule has 0 radical (unpaired) electrons. The summed E-state index contributed by atoms with van der Waals surface area (Å²) in [5.74, 6) is 0.651. The van der Waals surface area contributed by atoms with E-state index >= 15 is 0 Å². The predicted octanol–water partition coefficient (Wildman–Crippen LogP) is 1.73. The van der Waals surface area contributed by atoms with Gasteiger partial charge in [0.25, 0.3) is 0 Å². The van der Waals surface area contributed by atoms with Crippen molar-refractivity contribution < 1.29 is 19.0 Å². The average molecular weight is 209 g/mol. The number of ether oxygens (including phenoxy) is 3.